The molecule has 106 valence electrons. The molecule has 21 heavy (non-hydrogen) atoms. The van der Waals surface area contributed by atoms with Crippen LogP contribution < -0.4 is 11.6 Å². The molecular formula is C16H15FN4. The third-order valence-electron chi connectivity index (χ3n) is 3.42. The molecule has 0 atom stereocenters. The minimum Gasteiger partial charge on any atom is -0.382 e. The summed E-state index contributed by atoms with van der Waals surface area (Å²) in [4.78, 5) is 4.53. The van der Waals surface area contributed by atoms with E-state index in [1.165, 1.54) is 16.8 Å². The minimum absolute atomic E-state index is 0.287. The number of nitrogens with two attached hydrogens (primary N) is 2. The Labute approximate surface area is 121 Å². The van der Waals surface area contributed by atoms with E-state index in [1.54, 1.807) is 6.07 Å². The van der Waals surface area contributed by atoms with Gasteiger partial charge in [-0.2, -0.15) is 0 Å². The lowest BCUT2D eigenvalue weighted by atomic mass is 10.1. The summed E-state index contributed by atoms with van der Waals surface area (Å²) in [5.74, 6) is 6.65. The summed E-state index contributed by atoms with van der Waals surface area (Å²) in [6.07, 6.45) is 0. The molecule has 0 unspecified atom stereocenters. The highest BCUT2D eigenvalue weighted by atomic mass is 19.1. The standard InChI is InChI=1S/C16H15FN4/c1-10-9-12(17)7-8-13(10)14-15(18)21(19)16(20-14)11-5-3-2-4-6-11/h2-9H,18-19H2,1H3. The van der Waals surface area contributed by atoms with Crippen molar-refractivity contribution in [1.82, 2.24) is 9.66 Å². The molecule has 0 amide bonds. The number of nitrogen functional groups attached to an aromatic ring is 2. The van der Waals surface area contributed by atoms with Crippen molar-refractivity contribution in [3.05, 3.63) is 59.9 Å². The Bertz CT molecular complexity index is 794. The number of aromatic nitrogens is 2. The van der Waals surface area contributed by atoms with E-state index in [-0.39, 0.29) is 5.82 Å². The molecule has 0 radical (unpaired) electrons. The fourth-order valence-electron chi connectivity index (χ4n) is 2.33. The predicted octanol–water partition coefficient (Wildman–Crippen LogP) is 2.96. The highest BCUT2D eigenvalue weighted by molar-refractivity contribution is 5.77. The first kappa shape index (κ1) is 13.2. The van der Waals surface area contributed by atoms with Gasteiger partial charge in [-0.15, -0.1) is 0 Å². The van der Waals surface area contributed by atoms with Crippen molar-refractivity contribution in [3.8, 4) is 22.6 Å². The highest BCUT2D eigenvalue weighted by Gasteiger charge is 2.17. The van der Waals surface area contributed by atoms with Crippen LogP contribution in [0, 0.1) is 12.7 Å². The van der Waals surface area contributed by atoms with Gasteiger partial charge in [0.2, 0.25) is 0 Å². The molecule has 0 bridgehead atoms. The van der Waals surface area contributed by atoms with E-state index in [4.69, 9.17) is 11.6 Å². The van der Waals surface area contributed by atoms with Gasteiger partial charge in [0, 0.05) is 11.1 Å². The summed E-state index contributed by atoms with van der Waals surface area (Å²) < 4.78 is 14.6. The number of nitrogens with zero attached hydrogens (tertiary/aromatic N) is 2. The fraction of sp³-hybridized carbons (Fsp3) is 0.0625. The Morgan fingerprint density at radius 3 is 2.48 bits per heavy atom. The van der Waals surface area contributed by atoms with Gasteiger partial charge < -0.3 is 11.6 Å². The molecule has 0 spiro atoms. The number of rotatable bonds is 2. The number of halogens is 1. The van der Waals surface area contributed by atoms with E-state index in [9.17, 15) is 4.39 Å². The number of anilines is 1. The third kappa shape index (κ3) is 2.23. The van der Waals surface area contributed by atoms with Gasteiger partial charge in [-0.3, -0.25) is 0 Å². The molecule has 1 heterocycles. The van der Waals surface area contributed by atoms with Crippen molar-refractivity contribution in [3.63, 3.8) is 0 Å². The van der Waals surface area contributed by atoms with Gasteiger partial charge in [0.25, 0.3) is 0 Å². The van der Waals surface area contributed by atoms with E-state index >= 15 is 0 Å². The summed E-state index contributed by atoms with van der Waals surface area (Å²) >= 11 is 0. The number of hydrogen-bond donors (Lipinski definition) is 2. The highest BCUT2D eigenvalue weighted by Crippen LogP contribution is 2.31. The first-order valence-electron chi connectivity index (χ1n) is 6.53. The van der Waals surface area contributed by atoms with Crippen LogP contribution in [0.4, 0.5) is 10.2 Å². The number of hydrogen-bond acceptors (Lipinski definition) is 3. The second kappa shape index (κ2) is 4.94. The largest absolute Gasteiger partial charge is 0.382 e. The van der Waals surface area contributed by atoms with Crippen LogP contribution in [-0.4, -0.2) is 9.66 Å². The maximum atomic E-state index is 13.2. The Morgan fingerprint density at radius 2 is 1.81 bits per heavy atom. The van der Waals surface area contributed by atoms with Gasteiger partial charge in [-0.25, -0.2) is 14.1 Å². The summed E-state index contributed by atoms with van der Waals surface area (Å²) in [5.41, 5.74) is 9.03. The van der Waals surface area contributed by atoms with Crippen LogP contribution in [0.15, 0.2) is 48.5 Å². The number of benzene rings is 2. The number of aryl methyl sites for hydroxylation is 1. The van der Waals surface area contributed by atoms with E-state index < -0.39 is 0 Å². The van der Waals surface area contributed by atoms with Crippen molar-refractivity contribution in [2.75, 3.05) is 11.6 Å². The van der Waals surface area contributed by atoms with Gasteiger partial charge in [0.15, 0.2) is 11.6 Å². The van der Waals surface area contributed by atoms with Crippen molar-refractivity contribution < 1.29 is 4.39 Å². The molecule has 5 heteroatoms. The second-order valence-electron chi connectivity index (χ2n) is 4.86. The van der Waals surface area contributed by atoms with Gasteiger partial charge in [-0.05, 0) is 30.7 Å². The molecule has 0 fully saturated rings. The van der Waals surface area contributed by atoms with Crippen molar-refractivity contribution in [2.45, 2.75) is 6.92 Å². The van der Waals surface area contributed by atoms with Gasteiger partial charge in [0.05, 0.1) is 0 Å². The Hall–Kier alpha value is -2.82. The second-order valence-corrected chi connectivity index (χ2v) is 4.86. The topological polar surface area (TPSA) is 69.9 Å². The zero-order valence-electron chi connectivity index (χ0n) is 11.5. The van der Waals surface area contributed by atoms with Crippen LogP contribution >= 0.6 is 0 Å². The van der Waals surface area contributed by atoms with Gasteiger partial charge >= 0.3 is 0 Å². The van der Waals surface area contributed by atoms with Crippen LogP contribution in [0.1, 0.15) is 5.56 Å². The summed E-state index contributed by atoms with van der Waals surface area (Å²) in [6.45, 7) is 1.82. The molecule has 1 aromatic heterocycles. The Kier molecular flexibility index (Phi) is 3.10. The van der Waals surface area contributed by atoms with Gasteiger partial charge in [0.1, 0.15) is 11.5 Å². The lowest BCUT2D eigenvalue weighted by Gasteiger charge is -2.04. The smallest absolute Gasteiger partial charge is 0.160 e. The van der Waals surface area contributed by atoms with Gasteiger partial charge in [-0.1, -0.05) is 30.3 Å². The maximum Gasteiger partial charge on any atom is 0.160 e. The monoisotopic (exact) mass is 282 g/mol. The summed E-state index contributed by atoms with van der Waals surface area (Å²) in [6, 6.07) is 14.1. The predicted molar refractivity (Wildman–Crippen MR) is 82.4 cm³/mol. The molecule has 0 saturated heterocycles. The molecule has 0 aliphatic heterocycles. The Morgan fingerprint density at radius 1 is 1.10 bits per heavy atom. The van der Waals surface area contributed by atoms with E-state index in [2.05, 4.69) is 4.98 Å². The lowest BCUT2D eigenvalue weighted by molar-refractivity contribution is 0.627. The van der Waals surface area contributed by atoms with Crippen LogP contribution in [0.5, 0.6) is 0 Å². The summed E-state index contributed by atoms with van der Waals surface area (Å²) in [7, 11) is 0. The van der Waals surface area contributed by atoms with E-state index in [0.29, 0.717) is 17.3 Å². The van der Waals surface area contributed by atoms with Crippen LogP contribution in [0.2, 0.25) is 0 Å². The molecule has 0 saturated carbocycles. The van der Waals surface area contributed by atoms with Crippen LogP contribution in [0.25, 0.3) is 22.6 Å². The SMILES string of the molecule is Cc1cc(F)ccc1-c1nc(-c2ccccc2)n(N)c1N. The maximum absolute atomic E-state index is 13.2. The molecule has 0 aliphatic rings. The van der Waals surface area contributed by atoms with Crippen LogP contribution in [0.3, 0.4) is 0 Å². The van der Waals surface area contributed by atoms with Crippen molar-refractivity contribution in [2.24, 2.45) is 0 Å². The molecule has 0 aliphatic carbocycles. The lowest BCUT2D eigenvalue weighted by Crippen LogP contribution is -2.13. The normalized spacial score (nSPS) is 10.8. The van der Waals surface area contributed by atoms with E-state index in [1.807, 2.05) is 37.3 Å². The molecule has 2 aromatic carbocycles. The van der Waals surface area contributed by atoms with E-state index in [0.717, 1.165) is 16.7 Å². The first-order valence-corrected chi connectivity index (χ1v) is 6.53. The van der Waals surface area contributed by atoms with Crippen molar-refractivity contribution >= 4 is 5.82 Å². The fourth-order valence-corrected chi connectivity index (χ4v) is 2.33. The van der Waals surface area contributed by atoms with Crippen molar-refractivity contribution in [1.29, 1.82) is 0 Å². The zero-order chi connectivity index (χ0) is 15.0. The zero-order valence-corrected chi connectivity index (χ0v) is 11.5. The average Bonchev–Trinajstić information content (AvgIpc) is 2.77. The third-order valence-corrected chi connectivity index (χ3v) is 3.42. The summed E-state index contributed by atoms with van der Waals surface area (Å²) in [5, 5.41) is 0. The number of imidazole rings is 1. The minimum atomic E-state index is -0.287. The Balaban J connectivity index is 2.17. The molecular weight excluding hydrogens is 267 g/mol. The van der Waals surface area contributed by atoms with Crippen LogP contribution in [-0.2, 0) is 0 Å². The molecule has 4 N–H and O–H groups in total. The molecule has 3 rings (SSSR count). The first-order chi connectivity index (χ1) is 10.1. The molecule has 4 nitrogen and oxygen atoms in total. The average molecular weight is 282 g/mol. The quantitative estimate of drug-likeness (QED) is 0.710. The molecule has 3 aromatic rings.